The van der Waals surface area contributed by atoms with Crippen molar-refractivity contribution in [2.45, 2.75) is 17.6 Å². The molecule has 0 fully saturated rings. The number of nitrogens with one attached hydrogen (secondary N) is 1. The summed E-state index contributed by atoms with van der Waals surface area (Å²) in [6.07, 6.45) is 1.77. The van der Waals surface area contributed by atoms with Crippen molar-refractivity contribution < 1.29 is 9.32 Å². The maximum Gasteiger partial charge on any atom is 0.256 e. The van der Waals surface area contributed by atoms with Crippen molar-refractivity contribution >= 4 is 34.7 Å². The Kier molecular flexibility index (Phi) is 5.50. The lowest BCUT2D eigenvalue weighted by molar-refractivity contribution is 0.102. The van der Waals surface area contributed by atoms with Crippen molar-refractivity contribution in [2.24, 2.45) is 0 Å². The highest BCUT2D eigenvalue weighted by atomic mass is 32.2. The van der Waals surface area contributed by atoms with Crippen LogP contribution in [-0.4, -0.2) is 21.0 Å². The largest absolute Gasteiger partial charge is 0.338 e. The van der Waals surface area contributed by atoms with Crippen LogP contribution in [0.15, 0.2) is 69.5 Å². The van der Waals surface area contributed by atoms with Crippen LogP contribution < -0.4 is 5.32 Å². The van der Waals surface area contributed by atoms with Crippen molar-refractivity contribution in [3.8, 4) is 10.6 Å². The van der Waals surface area contributed by atoms with E-state index in [4.69, 9.17) is 4.52 Å². The second-order valence-electron chi connectivity index (χ2n) is 5.89. The standard InChI is InChI=1S/C20H16N4O2S2/c1-13-22-18(26-24-13)12-28-17-8-3-2-7-16(17)19(25)23-15-6-4-5-14(11-15)20-21-9-10-27-20/h2-11H,12H2,1H3,(H,23,25). The fraction of sp³-hybridized carbons (Fsp3) is 0.100. The number of hydrogen-bond acceptors (Lipinski definition) is 7. The van der Waals surface area contributed by atoms with Crippen LogP contribution in [-0.2, 0) is 5.75 Å². The lowest BCUT2D eigenvalue weighted by Crippen LogP contribution is -2.13. The monoisotopic (exact) mass is 408 g/mol. The first-order chi connectivity index (χ1) is 13.7. The number of thiazole rings is 1. The van der Waals surface area contributed by atoms with Gasteiger partial charge in [0.15, 0.2) is 5.82 Å². The highest BCUT2D eigenvalue weighted by Gasteiger charge is 2.14. The van der Waals surface area contributed by atoms with E-state index in [1.807, 2.05) is 47.8 Å². The molecule has 1 amide bonds. The SMILES string of the molecule is Cc1noc(CSc2ccccc2C(=O)Nc2cccc(-c3nccs3)c2)n1. The molecule has 0 saturated heterocycles. The molecule has 0 bridgehead atoms. The molecule has 8 heteroatoms. The summed E-state index contributed by atoms with van der Waals surface area (Å²) in [6, 6.07) is 15.1. The van der Waals surface area contributed by atoms with Gasteiger partial charge >= 0.3 is 0 Å². The Labute approximate surface area is 170 Å². The van der Waals surface area contributed by atoms with Crippen molar-refractivity contribution in [2.75, 3.05) is 5.32 Å². The summed E-state index contributed by atoms with van der Waals surface area (Å²) in [5.41, 5.74) is 2.30. The molecule has 6 nitrogen and oxygen atoms in total. The van der Waals surface area contributed by atoms with Crippen molar-refractivity contribution in [1.82, 2.24) is 15.1 Å². The Morgan fingerprint density at radius 1 is 1.21 bits per heavy atom. The molecule has 0 aliphatic carbocycles. The molecule has 2 aromatic carbocycles. The minimum Gasteiger partial charge on any atom is -0.338 e. The van der Waals surface area contributed by atoms with Gasteiger partial charge in [-0.25, -0.2) is 4.98 Å². The number of anilines is 1. The highest BCUT2D eigenvalue weighted by molar-refractivity contribution is 7.98. The van der Waals surface area contributed by atoms with E-state index in [2.05, 4.69) is 20.4 Å². The molecule has 0 aliphatic heterocycles. The Balaban J connectivity index is 1.50. The molecule has 4 aromatic rings. The van der Waals surface area contributed by atoms with Crippen molar-refractivity contribution in [3.63, 3.8) is 0 Å². The van der Waals surface area contributed by atoms with E-state index in [-0.39, 0.29) is 5.91 Å². The number of rotatable bonds is 6. The van der Waals surface area contributed by atoms with E-state index >= 15 is 0 Å². The summed E-state index contributed by atoms with van der Waals surface area (Å²) < 4.78 is 5.14. The smallest absolute Gasteiger partial charge is 0.256 e. The van der Waals surface area contributed by atoms with E-state index in [9.17, 15) is 4.79 Å². The third-order valence-electron chi connectivity index (χ3n) is 3.85. The van der Waals surface area contributed by atoms with Gasteiger partial charge in [-0.05, 0) is 31.2 Å². The van der Waals surface area contributed by atoms with Gasteiger partial charge in [0.25, 0.3) is 5.91 Å². The van der Waals surface area contributed by atoms with Gasteiger partial charge in [0, 0.05) is 27.7 Å². The third kappa shape index (κ3) is 4.29. The van der Waals surface area contributed by atoms with Crippen LogP contribution in [0.2, 0.25) is 0 Å². The molecular weight excluding hydrogens is 392 g/mol. The minimum absolute atomic E-state index is 0.166. The first-order valence-electron chi connectivity index (χ1n) is 8.51. The fourth-order valence-corrected chi connectivity index (χ4v) is 4.14. The molecule has 2 aromatic heterocycles. The van der Waals surface area contributed by atoms with Crippen molar-refractivity contribution in [1.29, 1.82) is 0 Å². The van der Waals surface area contributed by atoms with E-state index in [1.165, 1.54) is 11.8 Å². The molecule has 28 heavy (non-hydrogen) atoms. The van der Waals surface area contributed by atoms with Crippen LogP contribution in [0.25, 0.3) is 10.6 Å². The minimum atomic E-state index is -0.166. The molecule has 0 aliphatic rings. The average molecular weight is 409 g/mol. The Morgan fingerprint density at radius 3 is 2.89 bits per heavy atom. The zero-order chi connectivity index (χ0) is 19.3. The third-order valence-corrected chi connectivity index (χ3v) is 5.73. The maximum absolute atomic E-state index is 12.9. The van der Waals surface area contributed by atoms with E-state index < -0.39 is 0 Å². The Hall–Kier alpha value is -2.97. The van der Waals surface area contributed by atoms with E-state index in [0.717, 1.165) is 21.2 Å². The number of aromatic nitrogens is 3. The van der Waals surface area contributed by atoms with Gasteiger partial charge in [-0.1, -0.05) is 29.4 Å². The number of hydrogen-bond donors (Lipinski definition) is 1. The van der Waals surface area contributed by atoms with Crippen LogP contribution >= 0.6 is 23.1 Å². The van der Waals surface area contributed by atoms with Gasteiger partial charge in [-0.3, -0.25) is 4.79 Å². The predicted octanol–water partition coefficient (Wildman–Crippen LogP) is 5.05. The van der Waals surface area contributed by atoms with Crippen LogP contribution in [0.1, 0.15) is 22.1 Å². The molecule has 140 valence electrons. The van der Waals surface area contributed by atoms with Gasteiger partial charge in [-0.2, -0.15) is 4.98 Å². The molecule has 4 rings (SSSR count). The van der Waals surface area contributed by atoms with Gasteiger partial charge < -0.3 is 9.84 Å². The molecule has 2 heterocycles. The molecule has 0 unspecified atom stereocenters. The summed E-state index contributed by atoms with van der Waals surface area (Å²) in [4.78, 5) is 22.2. The number of carbonyl (C=O) groups is 1. The second-order valence-corrected chi connectivity index (χ2v) is 7.80. The number of benzene rings is 2. The Morgan fingerprint density at radius 2 is 2.11 bits per heavy atom. The van der Waals surface area contributed by atoms with Gasteiger partial charge in [-0.15, -0.1) is 23.1 Å². The van der Waals surface area contributed by atoms with E-state index in [0.29, 0.717) is 23.0 Å². The normalized spacial score (nSPS) is 10.8. The molecule has 0 spiro atoms. The zero-order valence-electron chi connectivity index (χ0n) is 15.0. The second kappa shape index (κ2) is 8.37. The van der Waals surface area contributed by atoms with Crippen molar-refractivity contribution in [3.05, 3.63) is 77.4 Å². The Bertz CT molecular complexity index is 1090. The van der Waals surface area contributed by atoms with Crippen LogP contribution in [0, 0.1) is 6.92 Å². The lowest BCUT2D eigenvalue weighted by atomic mass is 10.2. The van der Waals surface area contributed by atoms with Crippen LogP contribution in [0.5, 0.6) is 0 Å². The molecule has 0 atom stereocenters. The van der Waals surface area contributed by atoms with Crippen LogP contribution in [0.3, 0.4) is 0 Å². The van der Waals surface area contributed by atoms with Gasteiger partial charge in [0.1, 0.15) is 5.01 Å². The number of aryl methyl sites for hydroxylation is 1. The number of amides is 1. The van der Waals surface area contributed by atoms with E-state index in [1.54, 1.807) is 30.5 Å². The predicted molar refractivity (Wildman–Crippen MR) is 111 cm³/mol. The molecule has 0 saturated carbocycles. The summed E-state index contributed by atoms with van der Waals surface area (Å²) in [5.74, 6) is 1.47. The summed E-state index contributed by atoms with van der Waals surface area (Å²) in [7, 11) is 0. The average Bonchev–Trinajstić information content (AvgIpc) is 3.39. The highest BCUT2D eigenvalue weighted by Crippen LogP contribution is 2.28. The summed E-state index contributed by atoms with van der Waals surface area (Å²) in [5, 5.41) is 9.61. The number of carbonyl (C=O) groups excluding carboxylic acids is 1. The summed E-state index contributed by atoms with van der Waals surface area (Å²) >= 11 is 3.05. The zero-order valence-corrected chi connectivity index (χ0v) is 16.6. The fourth-order valence-electron chi connectivity index (χ4n) is 2.61. The molecule has 0 radical (unpaired) electrons. The lowest BCUT2D eigenvalue weighted by Gasteiger charge is -2.10. The first-order valence-corrected chi connectivity index (χ1v) is 10.4. The number of thioether (sulfide) groups is 1. The topological polar surface area (TPSA) is 80.9 Å². The quantitative estimate of drug-likeness (QED) is 0.450. The molecule has 1 N–H and O–H groups in total. The maximum atomic E-state index is 12.9. The van der Waals surface area contributed by atoms with Gasteiger partial charge in [0.2, 0.25) is 5.89 Å². The summed E-state index contributed by atoms with van der Waals surface area (Å²) in [6.45, 7) is 1.78. The number of nitrogens with zero attached hydrogens (tertiary/aromatic N) is 3. The first kappa shape index (κ1) is 18.4. The van der Waals surface area contributed by atoms with Crippen LogP contribution in [0.4, 0.5) is 5.69 Å². The molecular formula is C20H16N4O2S2. The van der Waals surface area contributed by atoms with Gasteiger partial charge in [0.05, 0.1) is 11.3 Å².